The lowest BCUT2D eigenvalue weighted by Gasteiger charge is -2.15. The van der Waals surface area contributed by atoms with Crippen LogP contribution in [0.2, 0.25) is 0 Å². The van der Waals surface area contributed by atoms with Crippen molar-refractivity contribution in [3.8, 4) is 6.07 Å². The number of nitrogens with one attached hydrogen (secondary N) is 1. The van der Waals surface area contributed by atoms with Crippen molar-refractivity contribution < 1.29 is 9.21 Å². The highest BCUT2D eigenvalue weighted by molar-refractivity contribution is 8.18. The number of rotatable bonds is 5. The van der Waals surface area contributed by atoms with Crippen molar-refractivity contribution in [1.29, 1.82) is 5.26 Å². The first-order valence-electron chi connectivity index (χ1n) is 8.59. The SMILES string of the molecule is CCNc1ccc(C#N)cc1N=C1SC(=C(C)C)C(=O)N1Cc1ccco1. The lowest BCUT2D eigenvalue weighted by atomic mass is 10.2. The molecule has 1 aromatic carbocycles. The predicted molar refractivity (Wildman–Crippen MR) is 108 cm³/mol. The standard InChI is InChI=1S/C20H20N4O2S/c1-4-22-16-8-7-14(11-21)10-17(16)23-20-24(12-15-6-5-9-26-15)19(25)18(27-20)13(2)3/h5-10,22H,4,12H2,1-3H3. The Morgan fingerprint density at radius 2 is 2.19 bits per heavy atom. The first-order chi connectivity index (χ1) is 13.0. The number of anilines is 1. The second kappa shape index (κ2) is 8.14. The van der Waals surface area contributed by atoms with Crippen LogP contribution in [0.1, 0.15) is 32.1 Å². The number of benzene rings is 1. The molecular weight excluding hydrogens is 360 g/mol. The highest BCUT2D eigenvalue weighted by Crippen LogP contribution is 2.37. The quantitative estimate of drug-likeness (QED) is 0.764. The van der Waals surface area contributed by atoms with E-state index in [2.05, 4.69) is 11.4 Å². The second-order valence-electron chi connectivity index (χ2n) is 6.17. The maximum atomic E-state index is 12.9. The summed E-state index contributed by atoms with van der Waals surface area (Å²) in [5.74, 6) is 0.598. The molecule has 7 heteroatoms. The summed E-state index contributed by atoms with van der Waals surface area (Å²) in [5.41, 5.74) is 2.91. The fraction of sp³-hybridized carbons (Fsp3) is 0.250. The monoisotopic (exact) mass is 380 g/mol. The van der Waals surface area contributed by atoms with Gasteiger partial charge in [-0.1, -0.05) is 5.57 Å². The van der Waals surface area contributed by atoms with Crippen molar-refractivity contribution in [1.82, 2.24) is 4.90 Å². The van der Waals surface area contributed by atoms with Gasteiger partial charge >= 0.3 is 0 Å². The van der Waals surface area contributed by atoms with E-state index in [1.807, 2.05) is 32.9 Å². The number of allylic oxidation sites excluding steroid dienone is 1. The summed E-state index contributed by atoms with van der Waals surface area (Å²) in [6.45, 7) is 6.85. The number of carbonyl (C=O) groups excluding carboxylic acids is 1. The number of thioether (sulfide) groups is 1. The molecule has 2 aromatic rings. The lowest BCUT2D eigenvalue weighted by Crippen LogP contribution is -2.28. The van der Waals surface area contributed by atoms with Crippen LogP contribution in [-0.2, 0) is 11.3 Å². The number of carbonyl (C=O) groups is 1. The van der Waals surface area contributed by atoms with E-state index in [-0.39, 0.29) is 5.91 Å². The van der Waals surface area contributed by atoms with Gasteiger partial charge in [0.25, 0.3) is 5.91 Å². The molecule has 0 spiro atoms. The molecular formula is C20H20N4O2S. The minimum absolute atomic E-state index is 0.0865. The van der Waals surface area contributed by atoms with Gasteiger partial charge in [-0.15, -0.1) is 0 Å². The van der Waals surface area contributed by atoms with Gasteiger partial charge in [-0.2, -0.15) is 5.26 Å². The molecule has 0 atom stereocenters. The predicted octanol–water partition coefficient (Wildman–Crippen LogP) is 4.64. The van der Waals surface area contributed by atoms with E-state index in [4.69, 9.17) is 9.41 Å². The molecule has 0 radical (unpaired) electrons. The lowest BCUT2D eigenvalue weighted by molar-refractivity contribution is -0.122. The van der Waals surface area contributed by atoms with Crippen LogP contribution in [0.15, 0.2) is 56.5 Å². The fourth-order valence-corrected chi connectivity index (χ4v) is 3.62. The van der Waals surface area contributed by atoms with Crippen molar-refractivity contribution in [2.75, 3.05) is 11.9 Å². The van der Waals surface area contributed by atoms with Crippen molar-refractivity contribution in [2.45, 2.75) is 27.3 Å². The average molecular weight is 380 g/mol. The van der Waals surface area contributed by atoms with Crippen LogP contribution in [-0.4, -0.2) is 22.5 Å². The van der Waals surface area contributed by atoms with E-state index >= 15 is 0 Å². The summed E-state index contributed by atoms with van der Waals surface area (Å²) in [4.78, 5) is 19.9. The molecule has 1 saturated heterocycles. The molecule has 3 rings (SSSR count). The summed E-state index contributed by atoms with van der Waals surface area (Å²) >= 11 is 1.35. The molecule has 6 nitrogen and oxygen atoms in total. The summed E-state index contributed by atoms with van der Waals surface area (Å²) in [6, 6.07) is 11.1. The molecule has 0 saturated carbocycles. The first kappa shape index (κ1) is 18.8. The fourth-order valence-electron chi connectivity index (χ4n) is 2.63. The molecule has 0 unspecified atom stereocenters. The molecule has 1 aliphatic heterocycles. The van der Waals surface area contributed by atoms with E-state index < -0.39 is 0 Å². The van der Waals surface area contributed by atoms with Crippen molar-refractivity contribution in [3.63, 3.8) is 0 Å². The van der Waals surface area contributed by atoms with Crippen LogP contribution in [0.25, 0.3) is 0 Å². The Labute approximate surface area is 162 Å². The van der Waals surface area contributed by atoms with E-state index in [1.165, 1.54) is 11.8 Å². The maximum absolute atomic E-state index is 12.9. The smallest absolute Gasteiger partial charge is 0.267 e. The molecule has 27 heavy (non-hydrogen) atoms. The summed E-state index contributed by atoms with van der Waals surface area (Å²) in [6.07, 6.45) is 1.58. The molecule has 1 aliphatic rings. The number of hydrogen-bond donors (Lipinski definition) is 1. The molecule has 2 heterocycles. The first-order valence-corrected chi connectivity index (χ1v) is 9.41. The minimum atomic E-state index is -0.0865. The van der Waals surface area contributed by atoms with Crippen LogP contribution in [0.3, 0.4) is 0 Å². The highest BCUT2D eigenvalue weighted by Gasteiger charge is 2.34. The number of furan rings is 1. The minimum Gasteiger partial charge on any atom is -0.467 e. The number of nitriles is 1. The van der Waals surface area contributed by atoms with E-state index in [1.54, 1.807) is 29.4 Å². The molecule has 138 valence electrons. The topological polar surface area (TPSA) is 81.6 Å². The molecule has 1 N–H and O–H groups in total. The van der Waals surface area contributed by atoms with Gasteiger partial charge in [0.2, 0.25) is 0 Å². The molecule has 1 fully saturated rings. The molecule has 0 aliphatic carbocycles. The Balaban J connectivity index is 2.05. The Kier molecular flexibility index (Phi) is 5.67. The normalized spacial score (nSPS) is 15.3. The third-order valence-corrected chi connectivity index (χ3v) is 5.20. The third-order valence-electron chi connectivity index (χ3n) is 3.92. The van der Waals surface area contributed by atoms with E-state index in [0.717, 1.165) is 17.8 Å². The van der Waals surface area contributed by atoms with Gasteiger partial charge in [-0.3, -0.25) is 9.69 Å². The Bertz CT molecular complexity index is 951. The van der Waals surface area contributed by atoms with Gasteiger partial charge in [0.05, 0.1) is 40.7 Å². The zero-order chi connectivity index (χ0) is 19.4. The van der Waals surface area contributed by atoms with Crippen molar-refractivity contribution in [3.05, 3.63) is 58.4 Å². The zero-order valence-corrected chi connectivity index (χ0v) is 16.3. The van der Waals surface area contributed by atoms with Gasteiger partial charge in [0.1, 0.15) is 5.76 Å². The molecule has 1 amide bonds. The highest BCUT2D eigenvalue weighted by atomic mass is 32.2. The third kappa shape index (κ3) is 4.07. The zero-order valence-electron chi connectivity index (χ0n) is 15.4. The van der Waals surface area contributed by atoms with Crippen LogP contribution in [0.5, 0.6) is 0 Å². The summed E-state index contributed by atoms with van der Waals surface area (Å²) in [7, 11) is 0. The van der Waals surface area contributed by atoms with Gasteiger partial charge in [-0.25, -0.2) is 4.99 Å². The number of nitrogens with zero attached hydrogens (tertiary/aromatic N) is 3. The molecule has 0 bridgehead atoms. The van der Waals surface area contributed by atoms with Gasteiger partial charge in [0.15, 0.2) is 5.17 Å². The van der Waals surface area contributed by atoms with Crippen molar-refractivity contribution in [2.24, 2.45) is 4.99 Å². The Hall–Kier alpha value is -2.98. The van der Waals surface area contributed by atoms with Crippen LogP contribution < -0.4 is 5.32 Å². The van der Waals surface area contributed by atoms with E-state index in [9.17, 15) is 10.1 Å². The summed E-state index contributed by atoms with van der Waals surface area (Å²) < 4.78 is 5.41. The van der Waals surface area contributed by atoms with Gasteiger partial charge in [0, 0.05) is 6.54 Å². The number of hydrogen-bond acceptors (Lipinski definition) is 6. The van der Waals surface area contributed by atoms with Gasteiger partial charge in [-0.05, 0) is 62.9 Å². The Morgan fingerprint density at radius 3 is 2.81 bits per heavy atom. The largest absolute Gasteiger partial charge is 0.467 e. The van der Waals surface area contributed by atoms with E-state index in [0.29, 0.717) is 33.6 Å². The molecule has 1 aromatic heterocycles. The van der Waals surface area contributed by atoms with Crippen molar-refractivity contribution >= 4 is 34.2 Å². The van der Waals surface area contributed by atoms with Crippen LogP contribution in [0, 0.1) is 11.3 Å². The average Bonchev–Trinajstić information content (AvgIpc) is 3.27. The second-order valence-corrected chi connectivity index (χ2v) is 7.15. The Morgan fingerprint density at radius 1 is 1.37 bits per heavy atom. The summed E-state index contributed by atoms with van der Waals surface area (Å²) in [5, 5.41) is 13.0. The number of amides is 1. The number of aliphatic imine (C=N–C) groups is 1. The van der Waals surface area contributed by atoms with Gasteiger partial charge < -0.3 is 9.73 Å². The van der Waals surface area contributed by atoms with Crippen LogP contribution >= 0.6 is 11.8 Å². The number of amidine groups is 1. The van der Waals surface area contributed by atoms with Crippen LogP contribution in [0.4, 0.5) is 11.4 Å². The maximum Gasteiger partial charge on any atom is 0.267 e.